The zero-order valence-corrected chi connectivity index (χ0v) is 10.8. The fourth-order valence-electron chi connectivity index (χ4n) is 1.59. The van der Waals surface area contributed by atoms with Crippen LogP contribution in [0.25, 0.3) is 0 Å². The van der Waals surface area contributed by atoms with Crippen molar-refractivity contribution in [1.29, 1.82) is 0 Å². The summed E-state index contributed by atoms with van der Waals surface area (Å²) in [5.74, 6) is -2.04. The van der Waals surface area contributed by atoms with Gasteiger partial charge in [0.25, 0.3) is 0 Å². The van der Waals surface area contributed by atoms with Crippen LogP contribution < -0.4 is 0 Å². The van der Waals surface area contributed by atoms with Gasteiger partial charge in [-0.25, -0.2) is 4.39 Å². The van der Waals surface area contributed by atoms with Gasteiger partial charge < -0.3 is 18.9 Å². The predicted molar refractivity (Wildman–Crippen MR) is 57.5 cm³/mol. The molecule has 0 radical (unpaired) electrons. The first-order valence-corrected chi connectivity index (χ1v) is 5.58. The number of hydrogen-bond donors (Lipinski definition) is 0. The molecule has 1 aliphatic heterocycles. The van der Waals surface area contributed by atoms with Gasteiger partial charge in [-0.2, -0.15) is 0 Å². The Morgan fingerprint density at radius 2 is 1.63 bits per heavy atom. The van der Waals surface area contributed by atoms with Crippen molar-refractivity contribution in [3.05, 3.63) is 0 Å². The molecule has 0 aliphatic carbocycles. The molecule has 0 spiro atoms. The van der Waals surface area contributed by atoms with Crippen molar-refractivity contribution in [2.45, 2.75) is 45.4 Å². The van der Waals surface area contributed by atoms with Crippen LogP contribution in [-0.4, -0.2) is 49.2 Å². The molecule has 1 aliphatic rings. The van der Waals surface area contributed by atoms with Crippen molar-refractivity contribution >= 4 is 17.9 Å². The van der Waals surface area contributed by atoms with E-state index in [1.165, 1.54) is 0 Å². The number of esters is 3. The molecule has 4 atom stereocenters. The van der Waals surface area contributed by atoms with E-state index in [1.54, 1.807) is 0 Å². The second-order valence-corrected chi connectivity index (χ2v) is 3.97. The molecule has 0 N–H and O–H groups in total. The Balaban J connectivity index is 2.70. The zero-order chi connectivity index (χ0) is 14.6. The maximum atomic E-state index is 14.0. The van der Waals surface area contributed by atoms with Gasteiger partial charge in [-0.15, -0.1) is 0 Å². The second-order valence-electron chi connectivity index (χ2n) is 3.97. The lowest BCUT2D eigenvalue weighted by Gasteiger charge is -2.18. The van der Waals surface area contributed by atoms with E-state index in [-0.39, 0.29) is 6.61 Å². The summed E-state index contributed by atoms with van der Waals surface area (Å²) in [5, 5.41) is 0. The minimum atomic E-state index is -1.76. The van der Waals surface area contributed by atoms with E-state index in [4.69, 9.17) is 14.2 Å². The minimum Gasteiger partial charge on any atom is -0.463 e. The number of rotatable bonds is 4. The van der Waals surface area contributed by atoms with Crippen LogP contribution in [0.3, 0.4) is 0 Å². The fourth-order valence-corrected chi connectivity index (χ4v) is 1.59. The molecule has 0 aromatic rings. The molecule has 7 nitrogen and oxygen atoms in total. The number of alkyl halides is 1. The van der Waals surface area contributed by atoms with Gasteiger partial charge in [0.1, 0.15) is 12.7 Å². The molecule has 1 saturated heterocycles. The topological polar surface area (TPSA) is 88.1 Å². The third kappa shape index (κ3) is 4.47. The lowest BCUT2D eigenvalue weighted by molar-refractivity contribution is -0.196. The SMILES string of the molecule is CC(=O)OC[C@H]1OC(OC(C)=O)[C@H](OC(C)=O)[C@@H]1F. The molecule has 0 aromatic carbocycles. The lowest BCUT2D eigenvalue weighted by Crippen LogP contribution is -2.36. The molecular formula is C11H15FO7. The second kappa shape index (κ2) is 6.46. The summed E-state index contributed by atoms with van der Waals surface area (Å²) in [7, 11) is 0. The van der Waals surface area contributed by atoms with Crippen LogP contribution in [0.2, 0.25) is 0 Å². The molecule has 1 heterocycles. The highest BCUT2D eigenvalue weighted by Crippen LogP contribution is 2.28. The van der Waals surface area contributed by atoms with Gasteiger partial charge >= 0.3 is 17.9 Å². The first kappa shape index (κ1) is 15.4. The average molecular weight is 278 g/mol. The Kier molecular flexibility index (Phi) is 5.22. The van der Waals surface area contributed by atoms with Crippen molar-refractivity contribution in [2.75, 3.05) is 6.61 Å². The van der Waals surface area contributed by atoms with Crippen molar-refractivity contribution in [1.82, 2.24) is 0 Å². The normalized spacial score (nSPS) is 29.7. The van der Waals surface area contributed by atoms with Gasteiger partial charge in [0, 0.05) is 20.8 Å². The summed E-state index contributed by atoms with van der Waals surface area (Å²) < 4.78 is 33.1. The molecule has 0 amide bonds. The van der Waals surface area contributed by atoms with Crippen molar-refractivity contribution < 1.29 is 37.7 Å². The van der Waals surface area contributed by atoms with Crippen molar-refractivity contribution in [3.8, 4) is 0 Å². The summed E-state index contributed by atoms with van der Waals surface area (Å²) in [4.78, 5) is 32.4. The molecule has 108 valence electrons. The Hall–Kier alpha value is -1.70. The molecule has 0 aromatic heterocycles. The number of halogens is 1. The van der Waals surface area contributed by atoms with Gasteiger partial charge in [0.05, 0.1) is 0 Å². The molecular weight excluding hydrogens is 263 g/mol. The van der Waals surface area contributed by atoms with E-state index in [9.17, 15) is 18.8 Å². The first-order chi connectivity index (χ1) is 8.81. The Bertz CT molecular complexity index is 370. The molecule has 1 fully saturated rings. The van der Waals surface area contributed by atoms with Crippen molar-refractivity contribution in [3.63, 3.8) is 0 Å². The number of carbonyl (C=O) groups is 3. The van der Waals surface area contributed by atoms with Gasteiger partial charge in [-0.1, -0.05) is 0 Å². The van der Waals surface area contributed by atoms with Crippen LogP contribution in [-0.2, 0) is 33.3 Å². The third-order valence-corrected chi connectivity index (χ3v) is 2.28. The third-order valence-electron chi connectivity index (χ3n) is 2.28. The van der Waals surface area contributed by atoms with Gasteiger partial charge in [-0.05, 0) is 0 Å². The highest BCUT2D eigenvalue weighted by Gasteiger charge is 2.49. The predicted octanol–water partition coefficient (Wildman–Crippen LogP) is 0.107. The highest BCUT2D eigenvalue weighted by atomic mass is 19.1. The molecule has 0 bridgehead atoms. The monoisotopic (exact) mass is 278 g/mol. The van der Waals surface area contributed by atoms with Gasteiger partial charge in [0.2, 0.25) is 6.29 Å². The van der Waals surface area contributed by atoms with Crippen LogP contribution in [0.5, 0.6) is 0 Å². The van der Waals surface area contributed by atoms with Crippen molar-refractivity contribution in [2.24, 2.45) is 0 Å². The van der Waals surface area contributed by atoms with Crippen LogP contribution in [0.15, 0.2) is 0 Å². The van der Waals surface area contributed by atoms with E-state index in [2.05, 4.69) is 4.74 Å². The number of carbonyl (C=O) groups excluding carboxylic acids is 3. The van der Waals surface area contributed by atoms with Crippen LogP contribution in [0.4, 0.5) is 4.39 Å². The Labute approximate surface area is 108 Å². The summed E-state index contributed by atoms with van der Waals surface area (Å²) in [6.07, 6.45) is -5.64. The largest absolute Gasteiger partial charge is 0.463 e. The first-order valence-electron chi connectivity index (χ1n) is 5.58. The standard InChI is InChI=1S/C11H15FO7/c1-5(13)16-4-8-9(12)10(17-6(2)14)11(19-8)18-7(3)15/h8-11H,4H2,1-3H3/t8-,9-,10-,11?/m1/s1. The number of hydrogen-bond acceptors (Lipinski definition) is 7. The van der Waals surface area contributed by atoms with Gasteiger partial charge in [0.15, 0.2) is 12.3 Å². The fraction of sp³-hybridized carbons (Fsp3) is 0.727. The quantitative estimate of drug-likeness (QED) is 0.532. The summed E-state index contributed by atoms with van der Waals surface area (Å²) in [6.45, 7) is 3.01. The number of ether oxygens (including phenoxy) is 4. The molecule has 0 saturated carbocycles. The van der Waals surface area contributed by atoms with E-state index >= 15 is 0 Å². The van der Waals surface area contributed by atoms with E-state index in [1.807, 2.05) is 0 Å². The summed E-state index contributed by atoms with van der Waals surface area (Å²) >= 11 is 0. The molecule has 1 rings (SSSR count). The highest BCUT2D eigenvalue weighted by molar-refractivity contribution is 5.67. The van der Waals surface area contributed by atoms with Crippen LogP contribution in [0, 0.1) is 0 Å². The lowest BCUT2D eigenvalue weighted by atomic mass is 10.2. The van der Waals surface area contributed by atoms with E-state index < -0.39 is 42.6 Å². The van der Waals surface area contributed by atoms with Crippen LogP contribution in [0.1, 0.15) is 20.8 Å². The van der Waals surface area contributed by atoms with E-state index in [0.717, 1.165) is 20.8 Å². The maximum Gasteiger partial charge on any atom is 0.305 e. The minimum absolute atomic E-state index is 0.355. The summed E-state index contributed by atoms with van der Waals surface area (Å²) in [5.41, 5.74) is 0. The molecule has 1 unspecified atom stereocenters. The van der Waals surface area contributed by atoms with Crippen LogP contribution >= 0.6 is 0 Å². The summed E-state index contributed by atoms with van der Waals surface area (Å²) in [6, 6.07) is 0. The smallest absolute Gasteiger partial charge is 0.305 e. The maximum absolute atomic E-state index is 14.0. The Morgan fingerprint density at radius 1 is 1.05 bits per heavy atom. The average Bonchev–Trinajstić information content (AvgIpc) is 2.53. The van der Waals surface area contributed by atoms with Gasteiger partial charge in [-0.3, -0.25) is 14.4 Å². The zero-order valence-electron chi connectivity index (χ0n) is 10.8. The molecule has 19 heavy (non-hydrogen) atoms. The van der Waals surface area contributed by atoms with E-state index in [0.29, 0.717) is 0 Å². The Morgan fingerprint density at radius 3 is 2.11 bits per heavy atom. The molecule has 8 heteroatoms.